The molecule has 0 saturated heterocycles. The number of fused-ring (bicyclic) bond motifs is 1. The highest BCUT2D eigenvalue weighted by atomic mass is 16.1. The molecule has 60 valence electrons. The first-order valence-corrected chi connectivity index (χ1v) is 4.08. The van der Waals surface area contributed by atoms with Crippen molar-refractivity contribution < 1.29 is 4.79 Å². The monoisotopic (exact) mass is 158 g/mol. The number of hydrogen-bond donors (Lipinski definition) is 0. The molecule has 1 nitrogen and oxygen atoms in total. The fourth-order valence-corrected chi connectivity index (χ4v) is 1.54. The first-order valence-electron chi connectivity index (χ1n) is 4.08. The van der Waals surface area contributed by atoms with Crippen molar-refractivity contribution in [3.63, 3.8) is 0 Å². The molecular weight excluding hydrogens is 148 g/mol. The van der Waals surface area contributed by atoms with Gasteiger partial charge in [-0.2, -0.15) is 0 Å². The Morgan fingerprint density at radius 2 is 2.17 bits per heavy atom. The van der Waals surface area contributed by atoms with Gasteiger partial charge in [-0.3, -0.25) is 4.79 Å². The second-order valence-electron chi connectivity index (χ2n) is 3.07. The Kier molecular flexibility index (Phi) is 1.58. The van der Waals surface area contributed by atoms with Gasteiger partial charge in [0.2, 0.25) is 0 Å². The van der Waals surface area contributed by atoms with Gasteiger partial charge in [-0.1, -0.05) is 30.4 Å². The second-order valence-corrected chi connectivity index (χ2v) is 3.07. The van der Waals surface area contributed by atoms with Crippen LogP contribution in [0.1, 0.15) is 27.9 Å². The van der Waals surface area contributed by atoms with Crippen molar-refractivity contribution in [2.24, 2.45) is 0 Å². The molecule has 1 heteroatoms. The van der Waals surface area contributed by atoms with Crippen LogP contribution in [-0.2, 0) is 0 Å². The predicted molar refractivity (Wildman–Crippen MR) is 49.2 cm³/mol. The lowest BCUT2D eigenvalue weighted by molar-refractivity contribution is 0.0994. The summed E-state index contributed by atoms with van der Waals surface area (Å²) in [6, 6.07) is 5.86. The number of ketones is 1. The minimum atomic E-state index is 0.233. The van der Waals surface area contributed by atoms with Crippen LogP contribution in [0.3, 0.4) is 0 Å². The quantitative estimate of drug-likeness (QED) is 0.567. The summed E-state index contributed by atoms with van der Waals surface area (Å²) in [5.41, 5.74) is 3.14. The Balaban J connectivity index is 2.69. The van der Waals surface area contributed by atoms with Gasteiger partial charge in [-0.15, -0.1) is 0 Å². The summed E-state index contributed by atoms with van der Waals surface area (Å²) >= 11 is 0. The van der Waals surface area contributed by atoms with Crippen LogP contribution >= 0.6 is 0 Å². The number of carbonyl (C=O) groups is 1. The highest BCUT2D eigenvalue weighted by Crippen LogP contribution is 2.21. The van der Waals surface area contributed by atoms with E-state index in [0.29, 0.717) is 6.42 Å². The minimum absolute atomic E-state index is 0.233. The van der Waals surface area contributed by atoms with Gasteiger partial charge in [-0.25, -0.2) is 0 Å². The molecule has 0 N–H and O–H groups in total. The lowest BCUT2D eigenvalue weighted by Crippen LogP contribution is -2.04. The van der Waals surface area contributed by atoms with Crippen LogP contribution in [-0.4, -0.2) is 5.78 Å². The Morgan fingerprint density at radius 3 is 2.92 bits per heavy atom. The van der Waals surface area contributed by atoms with Crippen LogP contribution < -0.4 is 0 Å². The minimum Gasteiger partial charge on any atom is -0.294 e. The van der Waals surface area contributed by atoms with E-state index in [0.717, 1.165) is 11.1 Å². The van der Waals surface area contributed by atoms with E-state index in [1.54, 1.807) is 0 Å². The number of Topliss-reactive ketones (excluding diaryl/α,β-unsaturated/α-hetero) is 1. The number of rotatable bonds is 0. The summed E-state index contributed by atoms with van der Waals surface area (Å²) in [6.45, 7) is 2.03. The average molecular weight is 158 g/mol. The van der Waals surface area contributed by atoms with E-state index >= 15 is 0 Å². The van der Waals surface area contributed by atoms with E-state index in [1.165, 1.54) is 5.56 Å². The highest BCUT2D eigenvalue weighted by Gasteiger charge is 2.13. The smallest absolute Gasteiger partial charge is 0.167 e. The van der Waals surface area contributed by atoms with E-state index in [4.69, 9.17) is 0 Å². The summed E-state index contributed by atoms with van der Waals surface area (Å²) in [7, 11) is 0. The van der Waals surface area contributed by atoms with Crippen LogP contribution in [0.4, 0.5) is 0 Å². The van der Waals surface area contributed by atoms with E-state index < -0.39 is 0 Å². The van der Waals surface area contributed by atoms with Crippen LogP contribution in [0, 0.1) is 6.92 Å². The molecule has 0 saturated carbocycles. The Morgan fingerprint density at radius 1 is 1.33 bits per heavy atom. The molecule has 1 aromatic carbocycles. The van der Waals surface area contributed by atoms with Crippen molar-refractivity contribution >= 4 is 11.9 Å². The molecule has 1 aliphatic carbocycles. The molecule has 0 aliphatic heterocycles. The molecule has 2 rings (SSSR count). The third kappa shape index (κ3) is 0.981. The average Bonchev–Trinajstić information content (AvgIpc) is 2.07. The number of hydrogen-bond acceptors (Lipinski definition) is 1. The topological polar surface area (TPSA) is 17.1 Å². The summed E-state index contributed by atoms with van der Waals surface area (Å²) < 4.78 is 0. The number of allylic oxidation sites excluding steroid dienone is 1. The third-order valence-electron chi connectivity index (χ3n) is 2.21. The maximum Gasteiger partial charge on any atom is 0.167 e. The standard InChI is InChI=1S/C11H10O/c1-8-4-2-6-10-9(8)5-3-7-11(10)12/h2-6H,7H2,1H3. The number of aryl methyl sites for hydroxylation is 1. The van der Waals surface area contributed by atoms with Gasteiger partial charge in [0.25, 0.3) is 0 Å². The maximum absolute atomic E-state index is 11.4. The maximum atomic E-state index is 11.4. The van der Waals surface area contributed by atoms with Gasteiger partial charge in [0, 0.05) is 12.0 Å². The van der Waals surface area contributed by atoms with Gasteiger partial charge in [0.15, 0.2) is 5.78 Å². The Labute approximate surface area is 71.7 Å². The number of carbonyl (C=O) groups excluding carboxylic acids is 1. The van der Waals surface area contributed by atoms with E-state index in [1.807, 2.05) is 37.3 Å². The second kappa shape index (κ2) is 2.59. The molecule has 1 aromatic rings. The van der Waals surface area contributed by atoms with Gasteiger partial charge >= 0.3 is 0 Å². The highest BCUT2D eigenvalue weighted by molar-refractivity contribution is 6.03. The van der Waals surface area contributed by atoms with Gasteiger partial charge < -0.3 is 0 Å². The summed E-state index contributed by atoms with van der Waals surface area (Å²) in [5.74, 6) is 0.233. The van der Waals surface area contributed by atoms with Crippen LogP contribution in [0.2, 0.25) is 0 Å². The molecule has 0 aromatic heterocycles. The zero-order valence-corrected chi connectivity index (χ0v) is 7.00. The van der Waals surface area contributed by atoms with Gasteiger partial charge in [0.1, 0.15) is 0 Å². The van der Waals surface area contributed by atoms with E-state index in [-0.39, 0.29) is 5.78 Å². The molecule has 0 radical (unpaired) electrons. The molecule has 0 atom stereocenters. The van der Waals surface area contributed by atoms with E-state index in [2.05, 4.69) is 0 Å². The lowest BCUT2D eigenvalue weighted by atomic mass is 9.93. The number of benzene rings is 1. The van der Waals surface area contributed by atoms with Gasteiger partial charge in [0.05, 0.1) is 0 Å². The van der Waals surface area contributed by atoms with Crippen molar-refractivity contribution in [3.05, 3.63) is 41.0 Å². The molecule has 0 bridgehead atoms. The van der Waals surface area contributed by atoms with Crippen molar-refractivity contribution in [2.45, 2.75) is 13.3 Å². The SMILES string of the molecule is Cc1cccc2c1C=CCC2=O. The van der Waals surface area contributed by atoms with Crippen LogP contribution in [0.5, 0.6) is 0 Å². The van der Waals surface area contributed by atoms with Crippen molar-refractivity contribution in [3.8, 4) is 0 Å². The predicted octanol–water partition coefficient (Wildman–Crippen LogP) is 2.59. The fourth-order valence-electron chi connectivity index (χ4n) is 1.54. The first-order chi connectivity index (χ1) is 5.79. The van der Waals surface area contributed by atoms with Crippen molar-refractivity contribution in [2.75, 3.05) is 0 Å². The molecule has 0 unspecified atom stereocenters. The van der Waals surface area contributed by atoms with Crippen molar-refractivity contribution in [1.82, 2.24) is 0 Å². The molecular formula is C11H10O. The lowest BCUT2D eigenvalue weighted by Gasteiger charge is -2.10. The zero-order valence-electron chi connectivity index (χ0n) is 7.00. The molecule has 0 amide bonds. The van der Waals surface area contributed by atoms with Gasteiger partial charge in [-0.05, 0) is 18.1 Å². The molecule has 0 heterocycles. The summed E-state index contributed by atoms with van der Waals surface area (Å²) in [4.78, 5) is 11.4. The van der Waals surface area contributed by atoms with Crippen LogP contribution in [0.25, 0.3) is 6.08 Å². The summed E-state index contributed by atoms with van der Waals surface area (Å²) in [5, 5.41) is 0. The molecule has 1 aliphatic rings. The Hall–Kier alpha value is -1.37. The normalized spacial score (nSPS) is 14.6. The van der Waals surface area contributed by atoms with Crippen LogP contribution in [0.15, 0.2) is 24.3 Å². The Bertz CT molecular complexity index is 361. The molecule has 0 spiro atoms. The first kappa shape index (κ1) is 7.29. The van der Waals surface area contributed by atoms with E-state index in [9.17, 15) is 4.79 Å². The third-order valence-corrected chi connectivity index (χ3v) is 2.21. The zero-order chi connectivity index (χ0) is 8.55. The summed E-state index contributed by atoms with van der Waals surface area (Å²) in [6.07, 6.45) is 4.51. The fraction of sp³-hybridized carbons (Fsp3) is 0.182. The molecule has 12 heavy (non-hydrogen) atoms. The largest absolute Gasteiger partial charge is 0.294 e. The van der Waals surface area contributed by atoms with Crippen molar-refractivity contribution in [1.29, 1.82) is 0 Å². The molecule has 0 fully saturated rings.